The fourth-order valence-electron chi connectivity index (χ4n) is 3.38. The molecule has 1 aliphatic rings. The van der Waals surface area contributed by atoms with Crippen molar-refractivity contribution in [1.82, 2.24) is 10.6 Å². The molecule has 2 aromatic rings. The van der Waals surface area contributed by atoms with E-state index in [4.69, 9.17) is 17.0 Å². The van der Waals surface area contributed by atoms with Crippen molar-refractivity contribution in [2.75, 3.05) is 39.4 Å². The van der Waals surface area contributed by atoms with Crippen molar-refractivity contribution in [3.05, 3.63) is 57.8 Å². The number of ether oxygens (including phenoxy) is 1. The van der Waals surface area contributed by atoms with Crippen LogP contribution < -0.4 is 15.5 Å². The van der Waals surface area contributed by atoms with Gasteiger partial charge in [-0.15, -0.1) is 11.3 Å². The first-order valence-corrected chi connectivity index (χ1v) is 11.1. The Balaban J connectivity index is 1.57. The van der Waals surface area contributed by atoms with Crippen LogP contribution in [0.5, 0.6) is 0 Å². The Morgan fingerprint density at radius 1 is 1.22 bits per heavy atom. The van der Waals surface area contributed by atoms with Crippen molar-refractivity contribution in [3.8, 4) is 0 Å². The molecule has 1 fully saturated rings. The molecule has 1 aliphatic heterocycles. The summed E-state index contributed by atoms with van der Waals surface area (Å²) in [4.78, 5) is 2.86. The molecule has 0 unspecified atom stereocenters. The normalized spacial score (nSPS) is 16.0. The lowest BCUT2D eigenvalue weighted by Crippen LogP contribution is -3.14. The van der Waals surface area contributed by atoms with Gasteiger partial charge in [0, 0.05) is 4.88 Å². The second-order valence-corrected chi connectivity index (χ2v) is 8.34. The monoisotopic (exact) mass is 404 g/mol. The van der Waals surface area contributed by atoms with E-state index in [0.29, 0.717) is 0 Å². The Morgan fingerprint density at radius 3 is 2.67 bits per heavy atom. The van der Waals surface area contributed by atoms with Crippen LogP contribution in [0.2, 0.25) is 0 Å². The third-order valence-corrected chi connectivity index (χ3v) is 6.12. The van der Waals surface area contributed by atoms with E-state index >= 15 is 0 Å². The molecule has 1 aromatic carbocycles. The first kappa shape index (κ1) is 20.3. The summed E-state index contributed by atoms with van der Waals surface area (Å²) in [6.07, 6.45) is 2.30. The van der Waals surface area contributed by atoms with Gasteiger partial charge in [-0.1, -0.05) is 43.7 Å². The molecule has 0 bridgehead atoms. The zero-order valence-electron chi connectivity index (χ0n) is 16.0. The largest absolute Gasteiger partial charge is 0.370 e. The number of thiocarbonyl (C=S) groups is 1. The summed E-state index contributed by atoms with van der Waals surface area (Å²) in [7, 11) is 0. The van der Waals surface area contributed by atoms with Crippen LogP contribution in [0.4, 0.5) is 0 Å². The number of nitrogens with one attached hydrogen (secondary N) is 3. The lowest BCUT2D eigenvalue weighted by atomic mass is 10.0. The minimum Gasteiger partial charge on any atom is -0.370 e. The van der Waals surface area contributed by atoms with Gasteiger partial charge in [0.05, 0.1) is 32.3 Å². The molecular weight excluding hydrogens is 374 g/mol. The highest BCUT2D eigenvalue weighted by molar-refractivity contribution is 7.80. The third kappa shape index (κ3) is 6.28. The van der Waals surface area contributed by atoms with Crippen molar-refractivity contribution in [3.63, 3.8) is 0 Å². The Bertz CT molecular complexity index is 682. The van der Waals surface area contributed by atoms with Crippen LogP contribution in [0.15, 0.2) is 41.8 Å². The van der Waals surface area contributed by atoms with Crippen molar-refractivity contribution in [2.45, 2.75) is 25.8 Å². The van der Waals surface area contributed by atoms with E-state index < -0.39 is 0 Å². The summed E-state index contributed by atoms with van der Waals surface area (Å²) in [5.74, 6) is 0. The van der Waals surface area contributed by atoms with Crippen LogP contribution in [0.1, 0.15) is 35.4 Å². The second-order valence-electron chi connectivity index (χ2n) is 6.95. The van der Waals surface area contributed by atoms with Gasteiger partial charge in [-0.25, -0.2) is 0 Å². The molecule has 3 N–H and O–H groups in total. The van der Waals surface area contributed by atoms with E-state index in [0.717, 1.165) is 50.9 Å². The van der Waals surface area contributed by atoms with Crippen LogP contribution in [-0.2, 0) is 11.2 Å². The van der Waals surface area contributed by atoms with E-state index in [1.165, 1.54) is 22.4 Å². The maximum Gasteiger partial charge on any atom is 0.167 e. The molecule has 1 atom stereocenters. The average molecular weight is 405 g/mol. The standard InChI is InChI=1S/C21H29N3OS2/c1-2-4-17-6-8-18(9-7-17)20(19-5-3-16-27-19)23-21(26)22-10-11-24-12-14-25-15-13-24/h3,5-9,16,20H,2,4,10-15H2,1H3,(H2,22,23,26)/p+1/t20-/m0/s1. The van der Waals surface area contributed by atoms with Crippen molar-refractivity contribution in [2.24, 2.45) is 0 Å². The first-order valence-electron chi connectivity index (χ1n) is 9.84. The lowest BCUT2D eigenvalue weighted by Gasteiger charge is -2.25. The van der Waals surface area contributed by atoms with Gasteiger partial charge in [-0.2, -0.15) is 0 Å². The number of aryl methyl sites for hydroxylation is 1. The van der Waals surface area contributed by atoms with Gasteiger partial charge in [0.25, 0.3) is 0 Å². The summed E-state index contributed by atoms with van der Waals surface area (Å²) < 4.78 is 5.42. The van der Waals surface area contributed by atoms with Gasteiger partial charge in [0.2, 0.25) is 0 Å². The smallest absolute Gasteiger partial charge is 0.167 e. The zero-order chi connectivity index (χ0) is 18.9. The molecule has 3 rings (SSSR count). The predicted molar refractivity (Wildman–Crippen MR) is 117 cm³/mol. The quantitative estimate of drug-likeness (QED) is 0.590. The van der Waals surface area contributed by atoms with E-state index in [9.17, 15) is 0 Å². The number of hydrogen-bond donors (Lipinski definition) is 3. The highest BCUT2D eigenvalue weighted by atomic mass is 32.1. The van der Waals surface area contributed by atoms with Gasteiger partial charge in [0.15, 0.2) is 5.11 Å². The van der Waals surface area contributed by atoms with Gasteiger partial charge in [-0.05, 0) is 41.2 Å². The number of hydrogen-bond acceptors (Lipinski definition) is 3. The SMILES string of the molecule is CCCc1ccc([C@H](NC(=S)NCC[NH+]2CCOCC2)c2cccs2)cc1. The number of thiophene rings is 1. The summed E-state index contributed by atoms with van der Waals surface area (Å²) in [5, 5.41) is 9.75. The Kier molecular flexibility index (Phi) is 8.08. The minimum atomic E-state index is 0.0939. The highest BCUT2D eigenvalue weighted by Crippen LogP contribution is 2.26. The van der Waals surface area contributed by atoms with Crippen LogP contribution in [0.25, 0.3) is 0 Å². The van der Waals surface area contributed by atoms with Crippen molar-refractivity contribution >= 4 is 28.7 Å². The van der Waals surface area contributed by atoms with Crippen LogP contribution in [0.3, 0.4) is 0 Å². The van der Waals surface area contributed by atoms with Gasteiger partial charge >= 0.3 is 0 Å². The Labute approximate surface area is 171 Å². The predicted octanol–water partition coefficient (Wildman–Crippen LogP) is 2.17. The molecule has 1 aromatic heterocycles. The molecule has 6 heteroatoms. The number of benzene rings is 1. The van der Waals surface area contributed by atoms with Crippen LogP contribution in [-0.4, -0.2) is 44.5 Å². The molecule has 4 nitrogen and oxygen atoms in total. The number of quaternary nitrogens is 1. The van der Waals surface area contributed by atoms with E-state index in [2.05, 4.69) is 59.3 Å². The molecule has 0 amide bonds. The van der Waals surface area contributed by atoms with E-state index in [1.807, 2.05) is 0 Å². The molecule has 0 aliphatic carbocycles. The van der Waals surface area contributed by atoms with E-state index in [1.54, 1.807) is 16.2 Å². The zero-order valence-corrected chi connectivity index (χ0v) is 17.6. The lowest BCUT2D eigenvalue weighted by molar-refractivity contribution is -0.906. The van der Waals surface area contributed by atoms with E-state index in [-0.39, 0.29) is 6.04 Å². The van der Waals surface area contributed by atoms with Gasteiger partial charge in [0.1, 0.15) is 13.1 Å². The molecule has 0 saturated carbocycles. The van der Waals surface area contributed by atoms with Crippen LogP contribution in [0, 0.1) is 0 Å². The first-order chi connectivity index (χ1) is 13.3. The van der Waals surface area contributed by atoms with Crippen molar-refractivity contribution < 1.29 is 9.64 Å². The fourth-order valence-corrected chi connectivity index (χ4v) is 4.41. The molecule has 2 heterocycles. The molecule has 27 heavy (non-hydrogen) atoms. The summed E-state index contributed by atoms with van der Waals surface area (Å²) >= 11 is 7.35. The maximum absolute atomic E-state index is 5.59. The fraction of sp³-hybridized carbons (Fsp3) is 0.476. The molecule has 0 spiro atoms. The minimum absolute atomic E-state index is 0.0939. The number of morpholine rings is 1. The molecule has 1 saturated heterocycles. The highest BCUT2D eigenvalue weighted by Gasteiger charge is 2.17. The Hall–Kier alpha value is -1.47. The number of rotatable bonds is 8. The summed E-state index contributed by atoms with van der Waals surface area (Å²) in [6, 6.07) is 13.3. The topological polar surface area (TPSA) is 37.7 Å². The summed E-state index contributed by atoms with van der Waals surface area (Å²) in [6.45, 7) is 8.08. The van der Waals surface area contributed by atoms with Crippen molar-refractivity contribution in [1.29, 1.82) is 0 Å². The maximum atomic E-state index is 5.59. The second kappa shape index (κ2) is 10.8. The molecular formula is C21H30N3OS2+. The van der Waals surface area contributed by atoms with Crippen LogP contribution >= 0.6 is 23.6 Å². The molecule has 146 valence electrons. The van der Waals surface area contributed by atoms with Gasteiger partial charge in [-0.3, -0.25) is 0 Å². The van der Waals surface area contributed by atoms with Gasteiger partial charge < -0.3 is 20.3 Å². The summed E-state index contributed by atoms with van der Waals surface area (Å²) in [5.41, 5.74) is 2.64. The molecule has 0 radical (unpaired) electrons. The Morgan fingerprint density at radius 2 is 2.00 bits per heavy atom. The third-order valence-electron chi connectivity index (χ3n) is 4.92. The average Bonchev–Trinajstić information content (AvgIpc) is 3.22.